The Bertz CT molecular complexity index is 706. The first kappa shape index (κ1) is 12.5. The number of aromatic hydroxyl groups is 1. The number of hydrogen-bond acceptors (Lipinski definition) is 2. The van der Waals surface area contributed by atoms with E-state index in [4.69, 9.17) is 11.6 Å². The number of rotatable bonds is 3. The van der Waals surface area contributed by atoms with E-state index >= 15 is 0 Å². The standard InChI is InChI=1S/C15H12ClNOS/c16-12-4-3-11-7-15(17-14(11)8-12)19-9-10-1-5-13(18)6-2-10/h1-8,17-18H,9H2. The van der Waals surface area contributed by atoms with Gasteiger partial charge >= 0.3 is 0 Å². The van der Waals surface area contributed by atoms with E-state index in [0.717, 1.165) is 26.7 Å². The highest BCUT2D eigenvalue weighted by atomic mass is 35.5. The maximum Gasteiger partial charge on any atom is 0.115 e. The summed E-state index contributed by atoms with van der Waals surface area (Å²) in [5.74, 6) is 1.16. The van der Waals surface area contributed by atoms with Crippen molar-refractivity contribution in [1.82, 2.24) is 4.98 Å². The van der Waals surface area contributed by atoms with Crippen LogP contribution in [0.25, 0.3) is 10.9 Å². The summed E-state index contributed by atoms with van der Waals surface area (Å²) in [4.78, 5) is 3.35. The monoisotopic (exact) mass is 289 g/mol. The van der Waals surface area contributed by atoms with Gasteiger partial charge in [-0.05, 0) is 35.9 Å². The molecule has 1 heterocycles. The summed E-state index contributed by atoms with van der Waals surface area (Å²) in [5.41, 5.74) is 2.24. The van der Waals surface area contributed by atoms with Crippen molar-refractivity contribution in [3.8, 4) is 5.75 Å². The van der Waals surface area contributed by atoms with E-state index in [2.05, 4.69) is 11.1 Å². The minimum Gasteiger partial charge on any atom is -0.508 e. The van der Waals surface area contributed by atoms with Gasteiger partial charge in [0.05, 0.1) is 5.03 Å². The molecule has 0 bridgehead atoms. The van der Waals surface area contributed by atoms with Crippen molar-refractivity contribution in [3.05, 3.63) is 59.1 Å². The zero-order chi connectivity index (χ0) is 13.2. The second-order valence-corrected chi connectivity index (χ2v) is 5.77. The molecule has 0 atom stereocenters. The molecule has 4 heteroatoms. The fourth-order valence-corrected chi connectivity index (χ4v) is 2.98. The van der Waals surface area contributed by atoms with Crippen LogP contribution >= 0.6 is 23.4 Å². The summed E-state index contributed by atoms with van der Waals surface area (Å²) in [6.07, 6.45) is 0. The number of phenolic OH excluding ortho intramolecular Hbond substituents is 1. The third-order valence-electron chi connectivity index (χ3n) is 2.89. The number of aromatic amines is 1. The minimum atomic E-state index is 0.300. The lowest BCUT2D eigenvalue weighted by Crippen LogP contribution is -1.79. The number of thioether (sulfide) groups is 1. The van der Waals surface area contributed by atoms with Gasteiger partial charge in [0.1, 0.15) is 5.75 Å². The van der Waals surface area contributed by atoms with E-state index in [9.17, 15) is 5.11 Å². The van der Waals surface area contributed by atoms with Crippen LogP contribution in [-0.4, -0.2) is 10.1 Å². The molecule has 19 heavy (non-hydrogen) atoms. The van der Waals surface area contributed by atoms with Crippen molar-refractivity contribution in [3.63, 3.8) is 0 Å². The molecule has 0 aliphatic rings. The third-order valence-corrected chi connectivity index (χ3v) is 4.13. The second-order valence-electron chi connectivity index (χ2n) is 4.32. The lowest BCUT2D eigenvalue weighted by molar-refractivity contribution is 0.475. The molecule has 0 fully saturated rings. The average molecular weight is 290 g/mol. The molecule has 0 radical (unpaired) electrons. The van der Waals surface area contributed by atoms with Gasteiger partial charge in [0.25, 0.3) is 0 Å². The Labute approximate surface area is 120 Å². The van der Waals surface area contributed by atoms with Crippen LogP contribution in [0.5, 0.6) is 5.75 Å². The number of nitrogens with one attached hydrogen (secondary N) is 1. The maximum absolute atomic E-state index is 9.24. The van der Waals surface area contributed by atoms with Crippen molar-refractivity contribution in [1.29, 1.82) is 0 Å². The Morgan fingerprint density at radius 2 is 1.84 bits per heavy atom. The number of aromatic nitrogens is 1. The van der Waals surface area contributed by atoms with E-state index in [-0.39, 0.29) is 0 Å². The van der Waals surface area contributed by atoms with Crippen molar-refractivity contribution in [2.45, 2.75) is 10.8 Å². The van der Waals surface area contributed by atoms with Crippen LogP contribution in [-0.2, 0) is 5.75 Å². The third kappa shape index (κ3) is 2.88. The zero-order valence-electron chi connectivity index (χ0n) is 10.1. The predicted molar refractivity (Wildman–Crippen MR) is 81.0 cm³/mol. The number of halogens is 1. The summed E-state index contributed by atoms with van der Waals surface area (Å²) < 4.78 is 0. The topological polar surface area (TPSA) is 36.0 Å². The molecule has 2 aromatic carbocycles. The highest BCUT2D eigenvalue weighted by molar-refractivity contribution is 7.98. The fraction of sp³-hybridized carbons (Fsp3) is 0.0667. The molecule has 0 amide bonds. The van der Waals surface area contributed by atoms with Crippen LogP contribution in [0.15, 0.2) is 53.6 Å². The zero-order valence-corrected chi connectivity index (χ0v) is 11.6. The van der Waals surface area contributed by atoms with Crippen LogP contribution in [0.3, 0.4) is 0 Å². The first-order chi connectivity index (χ1) is 9.20. The smallest absolute Gasteiger partial charge is 0.115 e. The number of H-pyrrole nitrogens is 1. The van der Waals surface area contributed by atoms with Crippen molar-refractivity contribution >= 4 is 34.3 Å². The fourth-order valence-electron chi connectivity index (χ4n) is 1.90. The van der Waals surface area contributed by atoms with Gasteiger partial charge in [-0.3, -0.25) is 0 Å². The highest BCUT2D eigenvalue weighted by Crippen LogP contribution is 2.28. The van der Waals surface area contributed by atoms with E-state index in [1.165, 1.54) is 5.56 Å². The van der Waals surface area contributed by atoms with Crippen LogP contribution in [0.4, 0.5) is 0 Å². The number of fused-ring (bicyclic) bond motifs is 1. The number of phenols is 1. The van der Waals surface area contributed by atoms with Gasteiger partial charge in [0, 0.05) is 21.7 Å². The quantitative estimate of drug-likeness (QED) is 0.678. The van der Waals surface area contributed by atoms with Gasteiger partial charge in [-0.2, -0.15) is 0 Å². The van der Waals surface area contributed by atoms with Crippen LogP contribution < -0.4 is 0 Å². The predicted octanol–water partition coefficient (Wildman–Crippen LogP) is 4.82. The first-order valence-electron chi connectivity index (χ1n) is 5.90. The molecule has 3 aromatic rings. The molecule has 0 spiro atoms. The van der Waals surface area contributed by atoms with Gasteiger partial charge in [0.2, 0.25) is 0 Å². The highest BCUT2D eigenvalue weighted by Gasteiger charge is 2.02. The molecule has 96 valence electrons. The molecule has 2 N–H and O–H groups in total. The van der Waals surface area contributed by atoms with Gasteiger partial charge in [-0.15, -0.1) is 11.8 Å². The van der Waals surface area contributed by atoms with Crippen LogP contribution in [0.1, 0.15) is 5.56 Å². The lowest BCUT2D eigenvalue weighted by atomic mass is 10.2. The van der Waals surface area contributed by atoms with Crippen molar-refractivity contribution < 1.29 is 5.11 Å². The van der Waals surface area contributed by atoms with Gasteiger partial charge < -0.3 is 10.1 Å². The van der Waals surface area contributed by atoms with E-state index in [1.54, 1.807) is 23.9 Å². The molecule has 3 rings (SSSR count). The number of hydrogen-bond donors (Lipinski definition) is 2. The first-order valence-corrected chi connectivity index (χ1v) is 7.26. The van der Waals surface area contributed by atoms with E-state index < -0.39 is 0 Å². The lowest BCUT2D eigenvalue weighted by Gasteiger charge is -1.99. The normalized spacial score (nSPS) is 11.0. The van der Waals surface area contributed by atoms with E-state index in [1.807, 2.05) is 30.3 Å². The average Bonchev–Trinajstić information content (AvgIpc) is 2.80. The molecule has 0 saturated heterocycles. The molecule has 2 nitrogen and oxygen atoms in total. The summed E-state index contributed by atoms with van der Waals surface area (Å²) >= 11 is 7.70. The molecular weight excluding hydrogens is 278 g/mol. The Morgan fingerprint density at radius 1 is 1.05 bits per heavy atom. The molecule has 0 unspecified atom stereocenters. The Hall–Kier alpha value is -1.58. The van der Waals surface area contributed by atoms with Gasteiger partial charge in [0.15, 0.2) is 0 Å². The van der Waals surface area contributed by atoms with E-state index in [0.29, 0.717) is 5.75 Å². The summed E-state index contributed by atoms with van der Waals surface area (Å²) in [7, 11) is 0. The van der Waals surface area contributed by atoms with Crippen LogP contribution in [0.2, 0.25) is 5.02 Å². The maximum atomic E-state index is 9.24. The molecule has 0 saturated carbocycles. The molecule has 0 aliphatic carbocycles. The molecule has 0 aliphatic heterocycles. The Balaban J connectivity index is 1.76. The SMILES string of the molecule is Oc1ccc(CSc2cc3ccc(Cl)cc3[nH]2)cc1. The summed E-state index contributed by atoms with van der Waals surface area (Å²) in [5, 5.41) is 12.3. The van der Waals surface area contributed by atoms with Crippen LogP contribution in [0, 0.1) is 0 Å². The summed E-state index contributed by atoms with van der Waals surface area (Å²) in [6, 6.07) is 15.2. The van der Waals surface area contributed by atoms with Gasteiger partial charge in [-0.25, -0.2) is 0 Å². The Kier molecular flexibility index (Phi) is 3.40. The summed E-state index contributed by atoms with van der Waals surface area (Å²) in [6.45, 7) is 0. The Morgan fingerprint density at radius 3 is 2.63 bits per heavy atom. The number of benzene rings is 2. The second kappa shape index (κ2) is 5.19. The minimum absolute atomic E-state index is 0.300. The van der Waals surface area contributed by atoms with Crippen molar-refractivity contribution in [2.24, 2.45) is 0 Å². The molecule has 1 aromatic heterocycles. The van der Waals surface area contributed by atoms with Crippen molar-refractivity contribution in [2.75, 3.05) is 0 Å². The largest absolute Gasteiger partial charge is 0.508 e. The van der Waals surface area contributed by atoms with Gasteiger partial charge in [-0.1, -0.05) is 29.8 Å². The molecular formula is C15H12ClNOS.